The van der Waals surface area contributed by atoms with E-state index < -0.39 is 43.5 Å². The summed E-state index contributed by atoms with van der Waals surface area (Å²) in [6.45, 7) is 6.92. The van der Waals surface area contributed by atoms with Crippen LogP contribution < -0.4 is 10.6 Å². The molecule has 10 heteroatoms. The minimum atomic E-state index is -1.33. The maximum atomic E-state index is 14.9. The number of hydrogen-bond acceptors (Lipinski definition) is 5. The molecule has 7 nitrogen and oxygen atoms in total. The molecule has 0 bridgehead atoms. The molecule has 0 spiro atoms. The lowest BCUT2D eigenvalue weighted by Gasteiger charge is -2.31. The van der Waals surface area contributed by atoms with Crippen LogP contribution in [0.2, 0.25) is 25.7 Å². The molecular formula is C21H29F2N3O4Si. The molecule has 1 unspecified atom stereocenters. The van der Waals surface area contributed by atoms with Gasteiger partial charge >= 0.3 is 0 Å². The van der Waals surface area contributed by atoms with Gasteiger partial charge in [0.15, 0.2) is 0 Å². The average molecular weight is 454 g/mol. The molecule has 0 aromatic heterocycles. The number of ether oxygens (including phenoxy) is 1. The molecule has 0 radical (unpaired) electrons. The van der Waals surface area contributed by atoms with Crippen molar-refractivity contribution in [3.8, 4) is 0 Å². The second-order valence-electron chi connectivity index (χ2n) is 9.39. The van der Waals surface area contributed by atoms with E-state index in [-0.39, 0.29) is 49.7 Å². The zero-order chi connectivity index (χ0) is 22.9. The molecule has 0 saturated carbocycles. The Kier molecular flexibility index (Phi) is 6.92. The van der Waals surface area contributed by atoms with Crippen LogP contribution in [-0.2, 0) is 19.1 Å². The number of carbonyl (C=O) groups excluding carboxylic acids is 3. The normalized spacial score (nSPS) is 22.6. The van der Waals surface area contributed by atoms with Crippen molar-refractivity contribution in [1.82, 2.24) is 4.90 Å². The lowest BCUT2D eigenvalue weighted by atomic mass is 9.88. The highest BCUT2D eigenvalue weighted by Crippen LogP contribution is 2.35. The number of amides is 3. The van der Waals surface area contributed by atoms with E-state index in [4.69, 9.17) is 10.5 Å². The Morgan fingerprint density at radius 3 is 2.32 bits per heavy atom. The summed E-state index contributed by atoms with van der Waals surface area (Å²) in [4.78, 5) is 39.3. The monoisotopic (exact) mass is 453 g/mol. The summed E-state index contributed by atoms with van der Waals surface area (Å²) < 4.78 is 35.4. The highest BCUT2D eigenvalue weighted by Gasteiger charge is 2.39. The molecule has 1 aromatic rings. The fourth-order valence-electron chi connectivity index (χ4n) is 3.82. The van der Waals surface area contributed by atoms with Gasteiger partial charge in [0.2, 0.25) is 17.7 Å². The van der Waals surface area contributed by atoms with Gasteiger partial charge in [-0.15, -0.1) is 0 Å². The second kappa shape index (κ2) is 9.13. The highest BCUT2D eigenvalue weighted by molar-refractivity contribution is 6.76. The number of hydrogen-bond donors (Lipinski definition) is 1. The van der Waals surface area contributed by atoms with Crippen LogP contribution >= 0.6 is 0 Å². The van der Waals surface area contributed by atoms with Gasteiger partial charge in [-0.05, 0) is 24.6 Å². The maximum Gasteiger partial charge on any atom is 0.238 e. The van der Waals surface area contributed by atoms with Crippen LogP contribution in [0.1, 0.15) is 30.7 Å². The number of nitrogens with two attached hydrogens (primary N) is 1. The van der Waals surface area contributed by atoms with Crippen LogP contribution in [0.25, 0.3) is 0 Å². The third-order valence-corrected chi connectivity index (χ3v) is 7.31. The summed E-state index contributed by atoms with van der Waals surface area (Å²) >= 11 is 0. The molecule has 170 valence electrons. The van der Waals surface area contributed by atoms with Crippen molar-refractivity contribution in [2.75, 3.05) is 24.8 Å². The zero-order valence-electron chi connectivity index (χ0n) is 18.1. The minimum Gasteiger partial charge on any atom is -0.361 e. The molecule has 3 rings (SSSR count). The molecule has 2 atom stereocenters. The van der Waals surface area contributed by atoms with Gasteiger partial charge in [-0.1, -0.05) is 19.6 Å². The smallest absolute Gasteiger partial charge is 0.238 e. The summed E-state index contributed by atoms with van der Waals surface area (Å²) in [6, 6.07) is 2.58. The Morgan fingerprint density at radius 1 is 1.13 bits per heavy atom. The van der Waals surface area contributed by atoms with Crippen LogP contribution in [0.5, 0.6) is 0 Å². The van der Waals surface area contributed by atoms with Gasteiger partial charge in [0, 0.05) is 51.4 Å². The molecule has 1 aromatic carbocycles. The molecule has 2 heterocycles. The number of nitrogens with zero attached hydrogens (tertiary/aromatic N) is 2. The molecule has 2 fully saturated rings. The van der Waals surface area contributed by atoms with Gasteiger partial charge in [0.05, 0.1) is 5.92 Å². The summed E-state index contributed by atoms with van der Waals surface area (Å²) in [7, 11) is -1.33. The van der Waals surface area contributed by atoms with Crippen LogP contribution in [-0.4, -0.2) is 56.6 Å². The van der Waals surface area contributed by atoms with Crippen LogP contribution in [0.3, 0.4) is 0 Å². The molecule has 2 aliphatic rings. The molecule has 2 aliphatic heterocycles. The summed E-state index contributed by atoms with van der Waals surface area (Å²) in [5.74, 6) is -4.35. The predicted molar refractivity (Wildman–Crippen MR) is 114 cm³/mol. The Bertz CT molecular complexity index is 867. The van der Waals surface area contributed by atoms with Gasteiger partial charge < -0.3 is 15.4 Å². The largest absolute Gasteiger partial charge is 0.361 e. The molecule has 2 N–H and O–H groups in total. The minimum absolute atomic E-state index is 0.00607. The predicted octanol–water partition coefficient (Wildman–Crippen LogP) is 2.57. The summed E-state index contributed by atoms with van der Waals surface area (Å²) in [6.07, 6.45) is 0.124. The number of anilines is 1. The van der Waals surface area contributed by atoms with E-state index in [9.17, 15) is 23.2 Å². The highest BCUT2D eigenvalue weighted by atomic mass is 28.3. The Hall–Kier alpha value is -2.17. The van der Waals surface area contributed by atoms with Crippen molar-refractivity contribution in [1.29, 1.82) is 0 Å². The van der Waals surface area contributed by atoms with E-state index in [1.54, 1.807) is 0 Å². The third-order valence-electron chi connectivity index (χ3n) is 5.61. The average Bonchev–Trinajstić information content (AvgIpc) is 2.99. The van der Waals surface area contributed by atoms with Crippen LogP contribution in [0.15, 0.2) is 12.1 Å². The standard InChI is InChI=1S/C21H29F2N3O4Si/c1-31(2,3)7-6-30-12-26-18(27)5-4-15(21(26)29)20-16(22)9-14(10-17(20)23)25-11-13(24)8-19(25)28/h9-10,13,15H,4-8,11-12,24H2,1-3H3/t13-,15?/m1/s1. The van der Waals surface area contributed by atoms with E-state index in [2.05, 4.69) is 19.6 Å². The second-order valence-corrected chi connectivity index (χ2v) is 15.0. The Morgan fingerprint density at radius 2 is 1.77 bits per heavy atom. The van der Waals surface area contributed by atoms with Gasteiger partial charge in [-0.2, -0.15) is 0 Å². The number of piperidine rings is 1. The first kappa shape index (κ1) is 23.5. The quantitative estimate of drug-likeness (QED) is 0.389. The van der Waals surface area contributed by atoms with Crippen molar-refractivity contribution < 1.29 is 27.9 Å². The zero-order valence-corrected chi connectivity index (χ0v) is 19.1. The van der Waals surface area contributed by atoms with Crippen molar-refractivity contribution in [3.05, 3.63) is 29.3 Å². The SMILES string of the molecule is C[Si](C)(C)CCOCN1C(=O)CCC(c2c(F)cc(N3C[C@H](N)CC3=O)cc2F)C1=O. The lowest BCUT2D eigenvalue weighted by molar-refractivity contribution is -0.155. The summed E-state index contributed by atoms with van der Waals surface area (Å²) in [5.41, 5.74) is 5.44. The number of halogens is 2. The fourth-order valence-corrected chi connectivity index (χ4v) is 4.58. The number of likely N-dealkylation sites (tertiary alicyclic amines) is 1. The van der Waals surface area contributed by atoms with Crippen molar-refractivity contribution in [2.24, 2.45) is 5.73 Å². The third kappa shape index (κ3) is 5.36. The van der Waals surface area contributed by atoms with E-state index >= 15 is 0 Å². The summed E-state index contributed by atoms with van der Waals surface area (Å²) in [5, 5.41) is 0. The fraction of sp³-hybridized carbons (Fsp3) is 0.571. The van der Waals surface area contributed by atoms with Crippen molar-refractivity contribution in [2.45, 2.75) is 56.9 Å². The van der Waals surface area contributed by atoms with Gasteiger partial charge in [0.25, 0.3) is 0 Å². The van der Waals surface area contributed by atoms with Crippen molar-refractivity contribution in [3.63, 3.8) is 0 Å². The molecular weight excluding hydrogens is 424 g/mol. The number of imide groups is 1. The Labute approximate surface area is 181 Å². The number of benzene rings is 1. The molecule has 3 amide bonds. The first-order chi connectivity index (χ1) is 14.5. The van der Waals surface area contributed by atoms with Gasteiger partial charge in [-0.3, -0.25) is 19.3 Å². The number of rotatable bonds is 7. The van der Waals surface area contributed by atoms with E-state index in [0.29, 0.717) is 6.61 Å². The van der Waals surface area contributed by atoms with E-state index in [1.807, 2.05) is 0 Å². The Balaban J connectivity index is 1.76. The maximum absolute atomic E-state index is 14.9. The van der Waals surface area contributed by atoms with Gasteiger partial charge in [0.1, 0.15) is 18.4 Å². The molecule has 2 saturated heterocycles. The lowest BCUT2D eigenvalue weighted by Crippen LogP contribution is -2.45. The first-order valence-corrected chi connectivity index (χ1v) is 14.2. The van der Waals surface area contributed by atoms with Crippen LogP contribution in [0, 0.1) is 11.6 Å². The van der Waals surface area contributed by atoms with Gasteiger partial charge in [-0.25, -0.2) is 8.78 Å². The van der Waals surface area contributed by atoms with E-state index in [0.717, 1.165) is 23.1 Å². The first-order valence-electron chi connectivity index (χ1n) is 10.4. The number of carbonyl (C=O) groups is 3. The van der Waals surface area contributed by atoms with E-state index in [1.165, 1.54) is 4.90 Å². The molecule has 31 heavy (non-hydrogen) atoms. The van der Waals surface area contributed by atoms with Crippen LogP contribution in [0.4, 0.5) is 14.5 Å². The molecule has 0 aliphatic carbocycles. The van der Waals surface area contributed by atoms with Crippen molar-refractivity contribution >= 4 is 31.5 Å². The topological polar surface area (TPSA) is 92.9 Å².